The number of aromatic hydroxyl groups is 1. The highest BCUT2D eigenvalue weighted by Gasteiger charge is 2.69. The summed E-state index contributed by atoms with van der Waals surface area (Å²) < 4.78 is 6.50. The molecule has 5 aliphatic rings. The zero-order valence-electron chi connectivity index (χ0n) is 13.1. The third-order valence-electron chi connectivity index (χ3n) is 6.96. The Kier molecular flexibility index (Phi) is 2.34. The lowest BCUT2D eigenvalue weighted by Gasteiger charge is -2.69. The average Bonchev–Trinajstić information content (AvgIpc) is 2.47. The lowest BCUT2D eigenvalue weighted by atomic mass is 9.45. The van der Waals surface area contributed by atoms with E-state index in [0.717, 1.165) is 38.6 Å². The van der Waals surface area contributed by atoms with Gasteiger partial charge in [-0.1, -0.05) is 0 Å². The molecule has 3 aliphatic heterocycles. The van der Waals surface area contributed by atoms with Gasteiger partial charge in [0.25, 0.3) is 0 Å². The molecule has 0 aromatic heterocycles. The second kappa shape index (κ2) is 3.86. The molecule has 4 bridgehead atoms. The van der Waals surface area contributed by atoms with Crippen molar-refractivity contribution in [3.8, 4) is 5.75 Å². The van der Waals surface area contributed by atoms with Gasteiger partial charge >= 0.3 is 0 Å². The van der Waals surface area contributed by atoms with E-state index in [-0.39, 0.29) is 16.6 Å². The van der Waals surface area contributed by atoms with Gasteiger partial charge < -0.3 is 20.9 Å². The summed E-state index contributed by atoms with van der Waals surface area (Å²) in [5.74, 6) is 0.380. The zero-order valence-corrected chi connectivity index (χ0v) is 13.1. The van der Waals surface area contributed by atoms with Crippen LogP contribution in [0.2, 0.25) is 0 Å². The first-order valence-electron chi connectivity index (χ1n) is 8.47. The number of nitrogens with one attached hydrogen (secondary N) is 1. The molecule has 1 spiro atoms. The smallest absolute Gasteiger partial charge is 0.116 e. The average molecular weight is 300 g/mol. The minimum Gasteiger partial charge on any atom is -0.508 e. The highest BCUT2D eigenvalue weighted by molar-refractivity contribution is 5.52. The minimum atomic E-state index is -0.197. The summed E-state index contributed by atoms with van der Waals surface area (Å²) in [4.78, 5) is 0. The van der Waals surface area contributed by atoms with Crippen molar-refractivity contribution in [2.45, 2.75) is 61.6 Å². The van der Waals surface area contributed by atoms with Gasteiger partial charge in [-0.05, 0) is 74.4 Å². The lowest BCUT2D eigenvalue weighted by Crippen LogP contribution is -2.80. The van der Waals surface area contributed by atoms with E-state index in [9.17, 15) is 5.11 Å². The highest BCUT2D eigenvalue weighted by atomic mass is 16.5. The molecule has 3 heterocycles. The van der Waals surface area contributed by atoms with Crippen LogP contribution < -0.4 is 11.1 Å². The van der Waals surface area contributed by atoms with Crippen molar-refractivity contribution in [3.05, 3.63) is 28.8 Å². The fraction of sp³-hybridized carbons (Fsp3) is 0.667. The van der Waals surface area contributed by atoms with E-state index in [2.05, 4.69) is 12.2 Å². The number of phenolic OH excluding ortho intramolecular Hbond substituents is 1. The Morgan fingerprint density at radius 1 is 1.32 bits per heavy atom. The maximum Gasteiger partial charge on any atom is 0.116 e. The molecule has 3 saturated heterocycles. The standard InChI is InChI=1S/C18H24N2O2/c1-11-6-12(21)7-14-13(11)8-15-18-3-2-16(19,10-22-18)9-17(14,18)4-5-20-15/h6-7,15,20-21H,2-5,8-10,19H2,1H3/t15-,16+,17-,18-/m1/s1. The third-order valence-corrected chi connectivity index (χ3v) is 6.96. The lowest BCUT2D eigenvalue weighted by molar-refractivity contribution is -0.235. The van der Waals surface area contributed by atoms with E-state index in [1.165, 1.54) is 16.7 Å². The summed E-state index contributed by atoms with van der Waals surface area (Å²) in [6, 6.07) is 4.27. The minimum absolute atomic E-state index is 0.0226. The van der Waals surface area contributed by atoms with Crippen LogP contribution in [-0.2, 0) is 16.6 Å². The Morgan fingerprint density at radius 3 is 2.95 bits per heavy atom. The number of nitrogens with two attached hydrogens (primary N) is 1. The normalized spacial score (nSPS) is 45.3. The Morgan fingerprint density at radius 2 is 2.18 bits per heavy atom. The molecule has 4 atom stereocenters. The highest BCUT2D eigenvalue weighted by Crippen LogP contribution is 2.63. The van der Waals surface area contributed by atoms with Gasteiger partial charge in [-0.2, -0.15) is 0 Å². The van der Waals surface area contributed by atoms with Crippen molar-refractivity contribution < 1.29 is 9.84 Å². The predicted octanol–water partition coefficient (Wildman–Crippen LogP) is 1.51. The van der Waals surface area contributed by atoms with Crippen molar-refractivity contribution in [2.75, 3.05) is 13.2 Å². The van der Waals surface area contributed by atoms with Gasteiger partial charge in [0, 0.05) is 17.0 Å². The van der Waals surface area contributed by atoms with E-state index in [1.54, 1.807) is 0 Å². The van der Waals surface area contributed by atoms with Gasteiger partial charge in [0.05, 0.1) is 12.2 Å². The second-order valence-corrected chi connectivity index (χ2v) is 8.05. The Balaban J connectivity index is 1.81. The molecule has 4 heteroatoms. The van der Waals surface area contributed by atoms with Crippen LogP contribution in [0.1, 0.15) is 42.4 Å². The number of phenols is 1. The van der Waals surface area contributed by atoms with Crippen molar-refractivity contribution in [3.63, 3.8) is 0 Å². The topological polar surface area (TPSA) is 67.5 Å². The predicted molar refractivity (Wildman–Crippen MR) is 84.1 cm³/mol. The number of piperidine rings is 1. The first kappa shape index (κ1) is 13.3. The van der Waals surface area contributed by atoms with Crippen LogP contribution in [-0.4, -0.2) is 35.4 Å². The molecule has 4 nitrogen and oxygen atoms in total. The van der Waals surface area contributed by atoms with Crippen LogP contribution in [0.3, 0.4) is 0 Å². The molecule has 118 valence electrons. The van der Waals surface area contributed by atoms with Gasteiger partial charge in [0.15, 0.2) is 0 Å². The second-order valence-electron chi connectivity index (χ2n) is 8.05. The molecule has 22 heavy (non-hydrogen) atoms. The Bertz CT molecular complexity index is 663. The molecule has 1 saturated carbocycles. The summed E-state index contributed by atoms with van der Waals surface area (Å²) in [5, 5.41) is 13.9. The number of ether oxygens (including phenoxy) is 1. The SMILES string of the molecule is Cc1cc(O)cc2c1C[C@H]1NCC[C@@]23C[C@@]2(N)CC[C@@]13OC2. The fourth-order valence-corrected chi connectivity index (χ4v) is 6.05. The van der Waals surface area contributed by atoms with Crippen LogP contribution in [0, 0.1) is 6.92 Å². The maximum atomic E-state index is 10.2. The first-order valence-corrected chi connectivity index (χ1v) is 8.47. The molecule has 4 N–H and O–H groups in total. The number of aryl methyl sites for hydroxylation is 1. The number of hydrogen-bond donors (Lipinski definition) is 3. The quantitative estimate of drug-likeness (QED) is 0.679. The van der Waals surface area contributed by atoms with Crippen LogP contribution in [0.15, 0.2) is 12.1 Å². The largest absolute Gasteiger partial charge is 0.508 e. The molecule has 0 unspecified atom stereocenters. The fourth-order valence-electron chi connectivity index (χ4n) is 6.05. The van der Waals surface area contributed by atoms with Gasteiger partial charge in [-0.3, -0.25) is 0 Å². The van der Waals surface area contributed by atoms with Crippen molar-refractivity contribution >= 4 is 0 Å². The number of rotatable bonds is 0. The van der Waals surface area contributed by atoms with Gasteiger partial charge in [-0.15, -0.1) is 0 Å². The zero-order chi connectivity index (χ0) is 15.2. The summed E-state index contributed by atoms with van der Waals surface area (Å²) in [6.45, 7) is 3.81. The molecule has 6 rings (SSSR count). The monoisotopic (exact) mass is 300 g/mol. The summed E-state index contributed by atoms with van der Waals surface area (Å²) >= 11 is 0. The molecule has 2 aliphatic carbocycles. The molecule has 4 fully saturated rings. The molecular weight excluding hydrogens is 276 g/mol. The van der Waals surface area contributed by atoms with Crippen molar-refractivity contribution in [1.82, 2.24) is 5.32 Å². The molecule has 0 radical (unpaired) electrons. The van der Waals surface area contributed by atoms with Crippen LogP contribution in [0.4, 0.5) is 0 Å². The van der Waals surface area contributed by atoms with Gasteiger partial charge in [0.1, 0.15) is 5.75 Å². The maximum absolute atomic E-state index is 10.2. The van der Waals surface area contributed by atoms with Crippen molar-refractivity contribution in [2.24, 2.45) is 5.73 Å². The Labute approximate surface area is 131 Å². The van der Waals surface area contributed by atoms with E-state index >= 15 is 0 Å². The van der Waals surface area contributed by atoms with Gasteiger partial charge in [0.2, 0.25) is 0 Å². The Hall–Kier alpha value is -1.10. The molecule has 1 aromatic carbocycles. The van der Waals surface area contributed by atoms with Crippen LogP contribution in [0.25, 0.3) is 0 Å². The van der Waals surface area contributed by atoms with Crippen LogP contribution >= 0.6 is 0 Å². The van der Waals surface area contributed by atoms with Gasteiger partial charge in [-0.25, -0.2) is 0 Å². The van der Waals surface area contributed by atoms with E-state index in [4.69, 9.17) is 10.5 Å². The third kappa shape index (κ3) is 1.35. The van der Waals surface area contributed by atoms with E-state index in [0.29, 0.717) is 18.4 Å². The number of benzene rings is 1. The first-order chi connectivity index (χ1) is 10.5. The molecular formula is C18H24N2O2. The summed E-state index contributed by atoms with van der Waals surface area (Å²) in [6.07, 6.45) is 5.14. The van der Waals surface area contributed by atoms with Crippen LogP contribution in [0.5, 0.6) is 5.75 Å². The van der Waals surface area contributed by atoms with E-state index < -0.39 is 0 Å². The summed E-state index contributed by atoms with van der Waals surface area (Å²) in [5.41, 5.74) is 10.2. The number of hydrogen-bond acceptors (Lipinski definition) is 4. The van der Waals surface area contributed by atoms with Crippen molar-refractivity contribution in [1.29, 1.82) is 0 Å². The molecule has 0 amide bonds. The summed E-state index contributed by atoms with van der Waals surface area (Å²) in [7, 11) is 0. The molecule has 1 aromatic rings. The number of fused-ring (bicyclic) bond motifs is 3. The van der Waals surface area contributed by atoms with E-state index in [1.807, 2.05) is 12.1 Å².